The van der Waals surface area contributed by atoms with E-state index in [1.165, 1.54) is 37.7 Å². The Morgan fingerprint density at radius 3 is 2.28 bits per heavy atom. The van der Waals surface area contributed by atoms with Crippen LogP contribution in [0, 0.1) is 13.8 Å². The second-order valence-electron chi connectivity index (χ2n) is 7.01. The number of carbonyl (C=O) groups excluding carboxylic acids is 1. The molecule has 1 aliphatic carbocycles. The van der Waals surface area contributed by atoms with Gasteiger partial charge in [-0.1, -0.05) is 49.6 Å². The molecule has 0 aliphatic heterocycles. The molecule has 1 saturated carbocycles. The number of ether oxygens (including phenoxy) is 1. The summed E-state index contributed by atoms with van der Waals surface area (Å²) in [6.07, 6.45) is 6.62. The van der Waals surface area contributed by atoms with Crippen LogP contribution in [0.2, 0.25) is 0 Å². The van der Waals surface area contributed by atoms with E-state index >= 15 is 0 Å². The SMILES string of the molecule is Cc1cccc(C)c1NC(=O)COc1ccc(C2CCCCC2)cc1. The summed E-state index contributed by atoms with van der Waals surface area (Å²) < 4.78 is 5.65. The standard InChI is InChI=1S/C22H27NO2/c1-16-7-6-8-17(2)22(16)23-21(24)15-25-20-13-11-19(12-14-20)18-9-4-3-5-10-18/h6-8,11-14,18H,3-5,9-10,15H2,1-2H3,(H,23,24). The maximum Gasteiger partial charge on any atom is 0.262 e. The molecule has 3 heteroatoms. The zero-order valence-electron chi connectivity index (χ0n) is 15.2. The topological polar surface area (TPSA) is 38.3 Å². The molecule has 1 amide bonds. The van der Waals surface area contributed by atoms with Gasteiger partial charge in [0.2, 0.25) is 0 Å². The zero-order valence-corrected chi connectivity index (χ0v) is 15.2. The third-order valence-corrected chi connectivity index (χ3v) is 5.07. The number of carbonyl (C=O) groups is 1. The molecular weight excluding hydrogens is 310 g/mol. The minimum absolute atomic E-state index is 0.0244. The Morgan fingerprint density at radius 2 is 1.64 bits per heavy atom. The van der Waals surface area contributed by atoms with Gasteiger partial charge in [0.1, 0.15) is 5.75 Å². The van der Waals surface area contributed by atoms with Crippen molar-refractivity contribution in [1.82, 2.24) is 0 Å². The van der Waals surface area contributed by atoms with E-state index in [0.29, 0.717) is 5.92 Å². The van der Waals surface area contributed by atoms with Crippen molar-refractivity contribution < 1.29 is 9.53 Å². The van der Waals surface area contributed by atoms with Gasteiger partial charge >= 0.3 is 0 Å². The number of amides is 1. The van der Waals surface area contributed by atoms with Crippen LogP contribution in [0.4, 0.5) is 5.69 Å². The summed E-state index contributed by atoms with van der Waals surface area (Å²) in [7, 11) is 0. The predicted octanol–water partition coefficient (Wildman–Crippen LogP) is 5.37. The number of hydrogen-bond donors (Lipinski definition) is 1. The molecule has 25 heavy (non-hydrogen) atoms. The highest BCUT2D eigenvalue weighted by Crippen LogP contribution is 2.33. The van der Waals surface area contributed by atoms with Crippen molar-refractivity contribution in [1.29, 1.82) is 0 Å². The van der Waals surface area contributed by atoms with Gasteiger partial charge in [-0.05, 0) is 61.4 Å². The van der Waals surface area contributed by atoms with Crippen LogP contribution >= 0.6 is 0 Å². The molecule has 0 heterocycles. The van der Waals surface area contributed by atoms with Crippen LogP contribution in [-0.4, -0.2) is 12.5 Å². The molecule has 132 valence electrons. The molecular formula is C22H27NO2. The van der Waals surface area contributed by atoms with Crippen LogP contribution < -0.4 is 10.1 Å². The van der Waals surface area contributed by atoms with Crippen molar-refractivity contribution in [3.63, 3.8) is 0 Å². The van der Waals surface area contributed by atoms with Crippen LogP contribution in [0.25, 0.3) is 0 Å². The zero-order chi connectivity index (χ0) is 17.6. The highest BCUT2D eigenvalue weighted by atomic mass is 16.5. The fourth-order valence-electron chi connectivity index (χ4n) is 3.61. The molecule has 0 radical (unpaired) electrons. The molecule has 0 unspecified atom stereocenters. The van der Waals surface area contributed by atoms with E-state index in [9.17, 15) is 4.79 Å². The monoisotopic (exact) mass is 337 g/mol. The van der Waals surface area contributed by atoms with Crippen LogP contribution in [0.3, 0.4) is 0 Å². The largest absolute Gasteiger partial charge is 0.484 e. The number of hydrogen-bond acceptors (Lipinski definition) is 2. The van der Waals surface area contributed by atoms with Gasteiger partial charge in [-0.3, -0.25) is 4.79 Å². The van der Waals surface area contributed by atoms with Crippen molar-refractivity contribution in [2.24, 2.45) is 0 Å². The maximum atomic E-state index is 12.2. The Kier molecular flexibility index (Phi) is 5.75. The molecule has 3 rings (SSSR count). The normalized spacial score (nSPS) is 15.0. The lowest BCUT2D eigenvalue weighted by atomic mass is 9.84. The number of benzene rings is 2. The van der Waals surface area contributed by atoms with E-state index in [0.717, 1.165) is 22.6 Å². The van der Waals surface area contributed by atoms with Crippen molar-refractivity contribution in [2.75, 3.05) is 11.9 Å². The Bertz CT molecular complexity index is 695. The third-order valence-electron chi connectivity index (χ3n) is 5.07. The fourth-order valence-corrected chi connectivity index (χ4v) is 3.61. The predicted molar refractivity (Wildman–Crippen MR) is 102 cm³/mol. The first kappa shape index (κ1) is 17.5. The quantitative estimate of drug-likeness (QED) is 0.796. The van der Waals surface area contributed by atoms with E-state index < -0.39 is 0 Å². The highest BCUT2D eigenvalue weighted by molar-refractivity contribution is 5.93. The van der Waals surface area contributed by atoms with Gasteiger partial charge in [-0.2, -0.15) is 0 Å². The molecule has 1 fully saturated rings. The lowest BCUT2D eigenvalue weighted by molar-refractivity contribution is -0.118. The van der Waals surface area contributed by atoms with Gasteiger partial charge in [0.05, 0.1) is 0 Å². The Morgan fingerprint density at radius 1 is 1.00 bits per heavy atom. The van der Waals surface area contributed by atoms with Gasteiger partial charge in [0.15, 0.2) is 6.61 Å². The summed E-state index contributed by atoms with van der Waals surface area (Å²) in [5.41, 5.74) is 4.39. The molecule has 0 aromatic heterocycles. The summed E-state index contributed by atoms with van der Waals surface area (Å²) in [6.45, 7) is 4.01. The van der Waals surface area contributed by atoms with E-state index in [-0.39, 0.29) is 12.5 Å². The molecule has 2 aromatic rings. The highest BCUT2D eigenvalue weighted by Gasteiger charge is 2.15. The van der Waals surface area contributed by atoms with Gasteiger partial charge in [-0.25, -0.2) is 0 Å². The van der Waals surface area contributed by atoms with E-state index in [1.807, 2.05) is 44.2 Å². The molecule has 0 spiro atoms. The molecule has 0 saturated heterocycles. The second kappa shape index (κ2) is 8.19. The summed E-state index contributed by atoms with van der Waals surface area (Å²) in [5.74, 6) is 1.31. The second-order valence-corrected chi connectivity index (χ2v) is 7.01. The van der Waals surface area contributed by atoms with Gasteiger partial charge in [0.25, 0.3) is 5.91 Å². The molecule has 3 nitrogen and oxygen atoms in total. The lowest BCUT2D eigenvalue weighted by Gasteiger charge is -2.22. The van der Waals surface area contributed by atoms with Crippen LogP contribution in [0.5, 0.6) is 5.75 Å². The summed E-state index contributed by atoms with van der Waals surface area (Å²) in [6, 6.07) is 14.2. The molecule has 0 atom stereocenters. The van der Waals surface area contributed by atoms with Crippen molar-refractivity contribution in [3.05, 3.63) is 59.2 Å². The average molecular weight is 337 g/mol. The number of rotatable bonds is 5. The minimum atomic E-state index is -0.131. The average Bonchev–Trinajstić information content (AvgIpc) is 2.64. The first-order valence-electron chi connectivity index (χ1n) is 9.22. The molecule has 1 aliphatic rings. The van der Waals surface area contributed by atoms with Gasteiger partial charge in [0, 0.05) is 5.69 Å². The number of nitrogens with one attached hydrogen (secondary N) is 1. The smallest absolute Gasteiger partial charge is 0.262 e. The summed E-state index contributed by atoms with van der Waals surface area (Å²) in [4.78, 5) is 12.2. The van der Waals surface area contributed by atoms with E-state index in [2.05, 4.69) is 17.4 Å². The van der Waals surface area contributed by atoms with Crippen molar-refractivity contribution >= 4 is 11.6 Å². The fraction of sp³-hybridized carbons (Fsp3) is 0.409. The number of para-hydroxylation sites is 1. The van der Waals surface area contributed by atoms with Gasteiger partial charge < -0.3 is 10.1 Å². The maximum absolute atomic E-state index is 12.2. The molecule has 0 bridgehead atoms. The minimum Gasteiger partial charge on any atom is -0.484 e. The summed E-state index contributed by atoms with van der Waals surface area (Å²) >= 11 is 0. The molecule has 1 N–H and O–H groups in total. The van der Waals surface area contributed by atoms with Gasteiger partial charge in [-0.15, -0.1) is 0 Å². The van der Waals surface area contributed by atoms with E-state index in [1.54, 1.807) is 0 Å². The summed E-state index contributed by atoms with van der Waals surface area (Å²) in [5, 5.41) is 2.95. The Labute approximate surface area is 150 Å². The van der Waals surface area contributed by atoms with Crippen LogP contribution in [0.15, 0.2) is 42.5 Å². The number of anilines is 1. The third kappa shape index (κ3) is 4.62. The Hall–Kier alpha value is -2.29. The first-order chi connectivity index (χ1) is 12.1. The Balaban J connectivity index is 1.53. The first-order valence-corrected chi connectivity index (χ1v) is 9.22. The van der Waals surface area contributed by atoms with Crippen LogP contribution in [0.1, 0.15) is 54.7 Å². The lowest BCUT2D eigenvalue weighted by Crippen LogP contribution is -2.21. The number of aryl methyl sites for hydroxylation is 2. The van der Waals surface area contributed by atoms with Crippen molar-refractivity contribution in [2.45, 2.75) is 51.9 Å². The van der Waals surface area contributed by atoms with E-state index in [4.69, 9.17) is 4.74 Å². The van der Waals surface area contributed by atoms with Crippen LogP contribution in [-0.2, 0) is 4.79 Å². The van der Waals surface area contributed by atoms with Crippen molar-refractivity contribution in [3.8, 4) is 5.75 Å². The molecule has 2 aromatic carbocycles.